The molecule has 0 saturated carbocycles. The van der Waals surface area contributed by atoms with Crippen molar-refractivity contribution in [2.75, 3.05) is 7.11 Å². The molecule has 22 heavy (non-hydrogen) atoms. The van der Waals surface area contributed by atoms with Gasteiger partial charge in [0.05, 0.1) is 17.7 Å². The van der Waals surface area contributed by atoms with Gasteiger partial charge >= 0.3 is 0 Å². The van der Waals surface area contributed by atoms with Crippen molar-refractivity contribution in [1.29, 1.82) is 0 Å². The van der Waals surface area contributed by atoms with Crippen LogP contribution in [-0.2, 0) is 10.1 Å². The van der Waals surface area contributed by atoms with Crippen molar-refractivity contribution in [3.8, 4) is 11.5 Å². The highest BCUT2D eigenvalue weighted by molar-refractivity contribution is 7.85. The molecule has 0 amide bonds. The van der Waals surface area contributed by atoms with Gasteiger partial charge in [0, 0.05) is 0 Å². The van der Waals surface area contributed by atoms with Crippen molar-refractivity contribution in [3.05, 3.63) is 42.0 Å². The van der Waals surface area contributed by atoms with Crippen molar-refractivity contribution in [2.24, 2.45) is 10.2 Å². The van der Waals surface area contributed by atoms with Gasteiger partial charge in [-0.1, -0.05) is 0 Å². The van der Waals surface area contributed by atoms with Crippen LogP contribution < -0.4 is 4.74 Å². The molecular weight excluding hydrogens is 308 g/mol. The summed E-state index contributed by atoms with van der Waals surface area (Å²) in [7, 11) is -2.80. The van der Waals surface area contributed by atoms with E-state index in [-0.39, 0.29) is 22.1 Å². The zero-order valence-corrected chi connectivity index (χ0v) is 12.7. The van der Waals surface area contributed by atoms with Gasteiger partial charge in [-0.25, -0.2) is 0 Å². The number of rotatable bonds is 4. The summed E-state index contributed by atoms with van der Waals surface area (Å²) < 4.78 is 35.8. The van der Waals surface area contributed by atoms with Crippen LogP contribution in [0.25, 0.3) is 0 Å². The highest BCUT2D eigenvalue weighted by Gasteiger charge is 2.10. The molecule has 2 N–H and O–H groups in total. The Bertz CT molecular complexity index is 814. The number of nitrogens with zero attached hydrogens (tertiary/aromatic N) is 2. The van der Waals surface area contributed by atoms with E-state index < -0.39 is 10.1 Å². The number of hydrogen-bond donors (Lipinski definition) is 2. The first-order valence-corrected chi connectivity index (χ1v) is 7.62. The number of methoxy groups -OCH3 is 1. The van der Waals surface area contributed by atoms with Crippen LogP contribution in [-0.4, -0.2) is 25.2 Å². The molecule has 0 atom stereocenters. The van der Waals surface area contributed by atoms with Crippen LogP contribution in [0.5, 0.6) is 11.5 Å². The molecule has 8 heteroatoms. The summed E-state index contributed by atoms with van der Waals surface area (Å²) in [4.78, 5) is -0.230. The molecule has 0 fully saturated rings. The molecule has 2 rings (SSSR count). The Labute approximate surface area is 127 Å². The standard InChI is InChI=1S/C14H14N2O5S/c1-9-7-12(14(17)13(8-9)21-2)16-15-10-3-5-11(6-4-10)22(18,19)20/h3-8,17H,1-2H3,(H,18,19,20). The lowest BCUT2D eigenvalue weighted by atomic mass is 10.2. The number of ether oxygens (including phenoxy) is 1. The molecule has 0 aromatic heterocycles. The average Bonchev–Trinajstić information content (AvgIpc) is 2.47. The van der Waals surface area contributed by atoms with Gasteiger partial charge in [0.15, 0.2) is 11.5 Å². The zero-order valence-electron chi connectivity index (χ0n) is 11.9. The molecule has 0 saturated heterocycles. The third kappa shape index (κ3) is 3.60. The Morgan fingerprint density at radius 1 is 1.09 bits per heavy atom. The topological polar surface area (TPSA) is 109 Å². The number of phenolic OH excluding ortho intramolecular Hbond substituents is 1. The van der Waals surface area contributed by atoms with Crippen LogP contribution in [0.15, 0.2) is 51.5 Å². The molecule has 0 aliphatic rings. The normalized spacial score (nSPS) is 11.8. The third-order valence-electron chi connectivity index (χ3n) is 2.83. The quantitative estimate of drug-likeness (QED) is 0.662. The molecule has 116 valence electrons. The fourth-order valence-electron chi connectivity index (χ4n) is 1.76. The van der Waals surface area contributed by atoms with Crippen molar-refractivity contribution < 1.29 is 22.8 Å². The summed E-state index contributed by atoms with van der Waals surface area (Å²) in [6.45, 7) is 1.82. The molecule has 2 aromatic rings. The molecular formula is C14H14N2O5S. The zero-order chi connectivity index (χ0) is 16.3. The second kappa shape index (κ2) is 6.12. The van der Waals surface area contributed by atoms with Gasteiger partial charge in [-0.3, -0.25) is 4.55 Å². The van der Waals surface area contributed by atoms with E-state index in [9.17, 15) is 13.5 Å². The summed E-state index contributed by atoms with van der Waals surface area (Å²) in [6, 6.07) is 8.48. The Hall–Kier alpha value is -2.45. The number of azo groups is 1. The summed E-state index contributed by atoms with van der Waals surface area (Å²) in [6.07, 6.45) is 0. The number of aryl methyl sites for hydroxylation is 1. The smallest absolute Gasteiger partial charge is 0.294 e. The largest absolute Gasteiger partial charge is 0.503 e. The monoisotopic (exact) mass is 322 g/mol. The first-order valence-electron chi connectivity index (χ1n) is 6.18. The Kier molecular flexibility index (Phi) is 4.43. The molecule has 0 heterocycles. The highest BCUT2D eigenvalue weighted by Crippen LogP contribution is 2.38. The third-order valence-corrected chi connectivity index (χ3v) is 3.69. The van der Waals surface area contributed by atoms with Gasteiger partial charge in [-0.05, 0) is 48.9 Å². The second-order valence-electron chi connectivity index (χ2n) is 4.50. The van der Waals surface area contributed by atoms with E-state index in [0.717, 1.165) is 5.56 Å². The molecule has 0 unspecified atom stereocenters. The van der Waals surface area contributed by atoms with Crippen molar-refractivity contribution in [3.63, 3.8) is 0 Å². The lowest BCUT2D eigenvalue weighted by Crippen LogP contribution is -1.96. The lowest BCUT2D eigenvalue weighted by molar-refractivity contribution is 0.374. The van der Waals surface area contributed by atoms with E-state index in [1.54, 1.807) is 12.1 Å². The molecule has 0 spiro atoms. The Morgan fingerprint density at radius 3 is 2.27 bits per heavy atom. The van der Waals surface area contributed by atoms with E-state index in [2.05, 4.69) is 10.2 Å². The van der Waals surface area contributed by atoms with Gasteiger partial charge in [0.25, 0.3) is 10.1 Å². The predicted octanol–water partition coefficient (Wildman–Crippen LogP) is 3.37. The fraction of sp³-hybridized carbons (Fsp3) is 0.143. The maximum absolute atomic E-state index is 10.9. The van der Waals surface area contributed by atoms with Crippen LogP contribution in [0.3, 0.4) is 0 Å². The predicted molar refractivity (Wildman–Crippen MR) is 79.8 cm³/mol. The van der Waals surface area contributed by atoms with Gasteiger partial charge in [0.1, 0.15) is 5.69 Å². The molecule has 2 aromatic carbocycles. The summed E-state index contributed by atoms with van der Waals surface area (Å²) in [5, 5.41) is 17.8. The molecule has 0 aliphatic heterocycles. The molecule has 0 bridgehead atoms. The SMILES string of the molecule is COc1cc(C)cc(N=Nc2ccc(S(=O)(=O)O)cc2)c1O. The van der Waals surface area contributed by atoms with Gasteiger partial charge in [0.2, 0.25) is 0 Å². The van der Waals surface area contributed by atoms with Crippen molar-refractivity contribution in [1.82, 2.24) is 0 Å². The van der Waals surface area contributed by atoms with Crippen LogP contribution in [0.4, 0.5) is 11.4 Å². The van der Waals surface area contributed by atoms with Crippen LogP contribution in [0.1, 0.15) is 5.56 Å². The van der Waals surface area contributed by atoms with Crippen molar-refractivity contribution >= 4 is 21.5 Å². The van der Waals surface area contributed by atoms with Gasteiger partial charge < -0.3 is 9.84 Å². The van der Waals surface area contributed by atoms with E-state index in [1.807, 2.05) is 6.92 Å². The Balaban J connectivity index is 2.31. The van der Waals surface area contributed by atoms with Gasteiger partial charge in [-0.15, -0.1) is 5.11 Å². The van der Waals surface area contributed by atoms with Gasteiger partial charge in [-0.2, -0.15) is 13.5 Å². The average molecular weight is 322 g/mol. The molecule has 0 radical (unpaired) electrons. The van der Waals surface area contributed by atoms with Crippen LogP contribution in [0.2, 0.25) is 0 Å². The number of benzene rings is 2. The number of hydrogen-bond acceptors (Lipinski definition) is 6. The Morgan fingerprint density at radius 2 is 1.73 bits per heavy atom. The van der Waals surface area contributed by atoms with E-state index in [0.29, 0.717) is 5.69 Å². The summed E-state index contributed by atoms with van der Waals surface area (Å²) in [5.74, 6) is 0.155. The first-order chi connectivity index (χ1) is 10.3. The lowest BCUT2D eigenvalue weighted by Gasteiger charge is -2.06. The molecule has 0 aliphatic carbocycles. The number of aromatic hydroxyl groups is 1. The fourth-order valence-corrected chi connectivity index (χ4v) is 2.24. The van der Waals surface area contributed by atoms with E-state index in [4.69, 9.17) is 9.29 Å². The minimum absolute atomic E-state index is 0.133. The van der Waals surface area contributed by atoms with E-state index >= 15 is 0 Å². The van der Waals surface area contributed by atoms with E-state index in [1.165, 1.54) is 31.4 Å². The minimum atomic E-state index is -4.24. The highest BCUT2D eigenvalue weighted by atomic mass is 32.2. The molecule has 7 nitrogen and oxygen atoms in total. The maximum atomic E-state index is 10.9. The number of phenols is 1. The summed E-state index contributed by atoms with van der Waals surface area (Å²) >= 11 is 0. The first kappa shape index (κ1) is 15.9. The minimum Gasteiger partial charge on any atom is -0.503 e. The second-order valence-corrected chi connectivity index (χ2v) is 5.93. The maximum Gasteiger partial charge on any atom is 0.294 e. The van der Waals surface area contributed by atoms with Crippen LogP contribution in [0, 0.1) is 6.92 Å². The van der Waals surface area contributed by atoms with Crippen LogP contribution >= 0.6 is 0 Å². The summed E-state index contributed by atoms with van der Waals surface area (Å²) in [5.41, 5.74) is 1.44. The van der Waals surface area contributed by atoms with Crippen molar-refractivity contribution in [2.45, 2.75) is 11.8 Å².